The summed E-state index contributed by atoms with van der Waals surface area (Å²) in [5.74, 6) is -1.29. The highest BCUT2D eigenvalue weighted by molar-refractivity contribution is 6.39. The molecule has 0 spiro atoms. The van der Waals surface area contributed by atoms with Gasteiger partial charge in [-0.15, -0.1) is 6.58 Å². The van der Waals surface area contributed by atoms with Crippen molar-refractivity contribution in [1.29, 1.82) is 0 Å². The summed E-state index contributed by atoms with van der Waals surface area (Å²) in [4.78, 5) is 39.1. The normalized spacial score (nSPS) is 15.3. The third-order valence-electron chi connectivity index (χ3n) is 5.07. The van der Waals surface area contributed by atoms with E-state index in [1.165, 1.54) is 12.1 Å². The van der Waals surface area contributed by atoms with Gasteiger partial charge in [0.2, 0.25) is 0 Å². The SMILES string of the molecule is C=CCc1cc(/C=C2/C(=O)NC(=O)N(c3cccc(C)c3C)C2=O)cc(OCC)c1O. The highest BCUT2D eigenvalue weighted by Gasteiger charge is 2.37. The number of phenolic OH excluding ortho intramolecular Hbond substituents is 1. The van der Waals surface area contributed by atoms with E-state index < -0.39 is 17.8 Å². The third-order valence-corrected chi connectivity index (χ3v) is 5.07. The fourth-order valence-electron chi connectivity index (χ4n) is 3.37. The van der Waals surface area contributed by atoms with Crippen LogP contribution in [0.4, 0.5) is 10.5 Å². The van der Waals surface area contributed by atoms with Crippen LogP contribution >= 0.6 is 0 Å². The number of phenols is 1. The second kappa shape index (κ2) is 8.87. The number of imide groups is 2. The number of nitrogens with one attached hydrogen (secondary N) is 1. The Bertz CT molecular complexity index is 1120. The molecule has 0 atom stereocenters. The molecule has 0 unspecified atom stereocenters. The fraction of sp³-hybridized carbons (Fsp3) is 0.208. The van der Waals surface area contributed by atoms with Gasteiger partial charge in [0.05, 0.1) is 12.3 Å². The van der Waals surface area contributed by atoms with Crippen LogP contribution in [0.1, 0.15) is 29.2 Å². The van der Waals surface area contributed by atoms with Gasteiger partial charge in [-0.1, -0.05) is 18.2 Å². The lowest BCUT2D eigenvalue weighted by molar-refractivity contribution is -0.122. The van der Waals surface area contributed by atoms with Crippen LogP contribution in [-0.2, 0) is 16.0 Å². The summed E-state index contributed by atoms with van der Waals surface area (Å²) < 4.78 is 5.48. The molecule has 3 rings (SSSR count). The molecule has 7 nitrogen and oxygen atoms in total. The minimum absolute atomic E-state index is 0.0180. The molecule has 0 saturated carbocycles. The van der Waals surface area contributed by atoms with E-state index in [1.807, 2.05) is 13.0 Å². The third kappa shape index (κ3) is 4.21. The largest absolute Gasteiger partial charge is 0.504 e. The second-order valence-corrected chi connectivity index (χ2v) is 7.13. The Morgan fingerprint density at radius 2 is 1.94 bits per heavy atom. The standard InChI is InChI=1S/C24H24N2O5/c1-5-8-17-11-16(13-20(21(17)27)31-6-2)12-18-22(28)25-24(30)26(23(18)29)19-10-7-9-14(3)15(19)4/h5,7,9-13,27H,1,6,8H2,2-4H3,(H,25,28,30)/b18-12-. The van der Waals surface area contributed by atoms with E-state index >= 15 is 0 Å². The number of ether oxygens (including phenoxy) is 1. The molecule has 1 fully saturated rings. The molecule has 0 aromatic heterocycles. The van der Waals surface area contributed by atoms with E-state index in [2.05, 4.69) is 11.9 Å². The molecule has 2 aromatic carbocycles. The lowest BCUT2D eigenvalue weighted by Crippen LogP contribution is -2.54. The molecular formula is C24H24N2O5. The maximum atomic E-state index is 13.2. The Morgan fingerprint density at radius 1 is 1.19 bits per heavy atom. The Balaban J connectivity index is 2.10. The van der Waals surface area contributed by atoms with Crippen molar-refractivity contribution in [2.24, 2.45) is 0 Å². The van der Waals surface area contributed by atoms with Gasteiger partial charge in [-0.05, 0) is 68.2 Å². The molecule has 1 saturated heterocycles. The van der Waals surface area contributed by atoms with E-state index in [-0.39, 0.29) is 17.1 Å². The lowest BCUT2D eigenvalue weighted by Gasteiger charge is -2.28. The molecule has 2 aromatic rings. The maximum absolute atomic E-state index is 13.2. The van der Waals surface area contributed by atoms with Crippen molar-refractivity contribution in [2.75, 3.05) is 11.5 Å². The second-order valence-electron chi connectivity index (χ2n) is 7.13. The van der Waals surface area contributed by atoms with Crippen molar-refractivity contribution >= 4 is 29.6 Å². The summed E-state index contributed by atoms with van der Waals surface area (Å²) in [5.41, 5.74) is 2.91. The smallest absolute Gasteiger partial charge is 0.335 e. The van der Waals surface area contributed by atoms with Crippen molar-refractivity contribution in [3.63, 3.8) is 0 Å². The first-order valence-corrected chi connectivity index (χ1v) is 9.85. The van der Waals surface area contributed by atoms with Crippen molar-refractivity contribution < 1.29 is 24.2 Å². The van der Waals surface area contributed by atoms with Crippen LogP contribution in [-0.4, -0.2) is 29.6 Å². The minimum atomic E-state index is -0.797. The van der Waals surface area contributed by atoms with Gasteiger partial charge in [-0.2, -0.15) is 0 Å². The number of anilines is 1. The maximum Gasteiger partial charge on any atom is 0.335 e. The number of barbiturate groups is 1. The zero-order valence-corrected chi connectivity index (χ0v) is 17.7. The average molecular weight is 420 g/mol. The molecule has 2 N–H and O–H groups in total. The van der Waals surface area contributed by atoms with Gasteiger partial charge in [0.15, 0.2) is 11.5 Å². The van der Waals surface area contributed by atoms with Crippen LogP contribution < -0.4 is 15.0 Å². The van der Waals surface area contributed by atoms with Crippen LogP contribution in [0.2, 0.25) is 0 Å². The Hall–Kier alpha value is -3.87. The van der Waals surface area contributed by atoms with Crippen molar-refractivity contribution in [2.45, 2.75) is 27.2 Å². The Kier molecular flexibility index (Phi) is 6.25. The molecule has 0 aliphatic carbocycles. The number of nitrogens with zero attached hydrogens (tertiary/aromatic N) is 1. The van der Waals surface area contributed by atoms with Crippen molar-refractivity contribution in [3.8, 4) is 11.5 Å². The van der Waals surface area contributed by atoms with Gasteiger partial charge in [0.1, 0.15) is 5.57 Å². The first-order chi connectivity index (χ1) is 14.8. The van der Waals surface area contributed by atoms with E-state index in [9.17, 15) is 19.5 Å². The summed E-state index contributed by atoms with van der Waals surface area (Å²) in [6, 6.07) is 7.66. The number of aryl methyl sites for hydroxylation is 1. The van der Waals surface area contributed by atoms with Gasteiger partial charge in [0.25, 0.3) is 11.8 Å². The number of carbonyl (C=O) groups is 3. The summed E-state index contributed by atoms with van der Waals surface area (Å²) in [6.45, 7) is 9.47. The lowest BCUT2D eigenvalue weighted by atomic mass is 10.0. The number of hydrogen-bond acceptors (Lipinski definition) is 5. The molecule has 4 amide bonds. The zero-order valence-electron chi connectivity index (χ0n) is 17.7. The molecule has 0 bridgehead atoms. The summed E-state index contributed by atoms with van der Waals surface area (Å²) in [7, 11) is 0. The number of allylic oxidation sites excluding steroid dienone is 1. The number of hydrogen-bond donors (Lipinski definition) is 2. The van der Waals surface area contributed by atoms with E-state index in [0.29, 0.717) is 29.8 Å². The molecule has 0 radical (unpaired) electrons. The number of aromatic hydroxyl groups is 1. The number of amides is 4. The summed E-state index contributed by atoms with van der Waals surface area (Å²) >= 11 is 0. The van der Waals surface area contributed by atoms with Crippen LogP contribution in [0.5, 0.6) is 11.5 Å². The Labute approximate surface area is 180 Å². The number of rotatable bonds is 6. The monoisotopic (exact) mass is 420 g/mol. The Morgan fingerprint density at radius 3 is 2.61 bits per heavy atom. The minimum Gasteiger partial charge on any atom is -0.504 e. The van der Waals surface area contributed by atoms with Crippen LogP contribution in [0.3, 0.4) is 0 Å². The highest BCUT2D eigenvalue weighted by Crippen LogP contribution is 2.34. The topological polar surface area (TPSA) is 95.9 Å². The quantitative estimate of drug-likeness (QED) is 0.421. The summed E-state index contributed by atoms with van der Waals surface area (Å²) in [5, 5.41) is 12.6. The average Bonchev–Trinajstić information content (AvgIpc) is 2.72. The van der Waals surface area contributed by atoms with Crippen molar-refractivity contribution in [1.82, 2.24) is 5.32 Å². The predicted molar refractivity (Wildman–Crippen MR) is 118 cm³/mol. The van der Waals surface area contributed by atoms with Gasteiger partial charge < -0.3 is 9.84 Å². The molecule has 160 valence electrons. The molecule has 1 aliphatic rings. The van der Waals surface area contributed by atoms with Crippen LogP contribution in [0, 0.1) is 13.8 Å². The van der Waals surface area contributed by atoms with E-state index in [4.69, 9.17) is 4.74 Å². The van der Waals surface area contributed by atoms with Gasteiger partial charge in [0, 0.05) is 5.56 Å². The zero-order chi connectivity index (χ0) is 22.7. The molecule has 1 heterocycles. The first-order valence-electron chi connectivity index (χ1n) is 9.85. The highest BCUT2D eigenvalue weighted by atomic mass is 16.5. The number of carbonyl (C=O) groups excluding carboxylic acids is 3. The van der Waals surface area contributed by atoms with Gasteiger partial charge in [-0.3, -0.25) is 14.9 Å². The van der Waals surface area contributed by atoms with E-state index in [1.54, 1.807) is 38.1 Å². The fourth-order valence-corrected chi connectivity index (χ4v) is 3.37. The molecule has 7 heteroatoms. The molecule has 31 heavy (non-hydrogen) atoms. The van der Waals surface area contributed by atoms with E-state index in [0.717, 1.165) is 16.0 Å². The number of benzene rings is 2. The molecular weight excluding hydrogens is 396 g/mol. The summed E-state index contributed by atoms with van der Waals surface area (Å²) in [6.07, 6.45) is 3.38. The van der Waals surface area contributed by atoms with Gasteiger partial charge in [-0.25, -0.2) is 9.69 Å². The first kappa shape index (κ1) is 21.8. The van der Waals surface area contributed by atoms with Crippen molar-refractivity contribution in [3.05, 3.63) is 70.8 Å². The predicted octanol–water partition coefficient (Wildman–Crippen LogP) is 3.80. The molecule has 1 aliphatic heterocycles. The van der Waals surface area contributed by atoms with Gasteiger partial charge >= 0.3 is 6.03 Å². The number of urea groups is 1. The van der Waals surface area contributed by atoms with Crippen LogP contribution in [0.25, 0.3) is 6.08 Å². The van der Waals surface area contributed by atoms with Crippen LogP contribution in [0.15, 0.2) is 48.6 Å².